The van der Waals surface area contributed by atoms with Crippen LogP contribution in [0.5, 0.6) is 0 Å². The minimum absolute atomic E-state index is 0.394. The van der Waals surface area contributed by atoms with Gasteiger partial charge in [-0.15, -0.1) is 9.35 Å². The molecular weight excluding hydrogens is 281 g/mol. The van der Waals surface area contributed by atoms with Gasteiger partial charge in [0, 0.05) is 6.54 Å². The number of nitrogens with one attached hydrogen (secondary N) is 1. The van der Waals surface area contributed by atoms with Crippen LogP contribution in [0.1, 0.15) is 65.7 Å². The molecule has 20 heavy (non-hydrogen) atoms. The zero-order chi connectivity index (χ0) is 15.1. The molecule has 0 saturated carbocycles. The second kappa shape index (κ2) is 14.0. The van der Waals surface area contributed by atoms with Crippen molar-refractivity contribution in [2.24, 2.45) is 0 Å². The molecule has 1 N–H and O–H groups in total. The fraction of sp³-hybridized carbons (Fsp3) is 1.00. The van der Waals surface area contributed by atoms with Gasteiger partial charge in [0.1, 0.15) is 0 Å². The summed E-state index contributed by atoms with van der Waals surface area (Å²) in [7, 11) is -3.53. The standard InChI is InChI=1S/C13H30NO5P/c1-4-7-9-12-16-18-20(15,14-11-6-3)19-17-13-10-8-5-2/h4-13H2,1-3H3,(H,14,15). The summed E-state index contributed by atoms with van der Waals surface area (Å²) >= 11 is 0. The molecule has 0 bridgehead atoms. The van der Waals surface area contributed by atoms with Crippen LogP contribution in [0.25, 0.3) is 0 Å². The summed E-state index contributed by atoms with van der Waals surface area (Å²) in [5.41, 5.74) is 0. The van der Waals surface area contributed by atoms with Crippen LogP contribution < -0.4 is 5.09 Å². The van der Waals surface area contributed by atoms with Gasteiger partial charge < -0.3 is 0 Å². The van der Waals surface area contributed by atoms with E-state index in [0.717, 1.165) is 44.9 Å². The third-order valence-electron chi connectivity index (χ3n) is 2.52. The Hall–Kier alpha value is 0.0300. The first kappa shape index (κ1) is 20.0. The summed E-state index contributed by atoms with van der Waals surface area (Å²) in [6.07, 6.45) is 6.80. The van der Waals surface area contributed by atoms with E-state index in [0.29, 0.717) is 19.8 Å². The van der Waals surface area contributed by atoms with Gasteiger partial charge in [-0.1, -0.05) is 46.5 Å². The van der Waals surface area contributed by atoms with Crippen molar-refractivity contribution in [3.8, 4) is 0 Å². The Morgan fingerprint density at radius 3 is 1.70 bits per heavy atom. The Bertz CT molecular complexity index is 235. The number of hydrogen-bond donors (Lipinski definition) is 1. The monoisotopic (exact) mass is 311 g/mol. The highest BCUT2D eigenvalue weighted by Crippen LogP contribution is 2.44. The van der Waals surface area contributed by atoms with Crippen LogP contribution >= 0.6 is 7.75 Å². The van der Waals surface area contributed by atoms with Gasteiger partial charge >= 0.3 is 7.75 Å². The highest BCUT2D eigenvalue weighted by atomic mass is 31.2. The van der Waals surface area contributed by atoms with Crippen LogP contribution in [-0.2, 0) is 23.7 Å². The van der Waals surface area contributed by atoms with Crippen molar-refractivity contribution in [1.29, 1.82) is 0 Å². The van der Waals surface area contributed by atoms with Crippen molar-refractivity contribution in [3.05, 3.63) is 0 Å². The molecule has 0 atom stereocenters. The third kappa shape index (κ3) is 11.8. The Kier molecular flexibility index (Phi) is 14.0. The highest BCUT2D eigenvalue weighted by molar-refractivity contribution is 7.51. The fourth-order valence-corrected chi connectivity index (χ4v) is 2.40. The van der Waals surface area contributed by atoms with Crippen molar-refractivity contribution >= 4 is 7.75 Å². The normalized spacial score (nSPS) is 11.9. The predicted molar refractivity (Wildman–Crippen MR) is 79.0 cm³/mol. The van der Waals surface area contributed by atoms with E-state index in [2.05, 4.69) is 18.9 Å². The molecule has 0 aliphatic carbocycles. The van der Waals surface area contributed by atoms with E-state index in [1.54, 1.807) is 0 Å². The maximum Gasteiger partial charge on any atom is 0.459 e. The lowest BCUT2D eigenvalue weighted by Gasteiger charge is -2.16. The molecule has 0 saturated heterocycles. The molecule has 0 aliphatic heterocycles. The van der Waals surface area contributed by atoms with Gasteiger partial charge in [0.15, 0.2) is 0 Å². The molecule has 0 spiro atoms. The molecule has 0 heterocycles. The molecule has 0 unspecified atom stereocenters. The SMILES string of the molecule is CCCCCOOP(=O)(NCCC)OOCCCCC. The fourth-order valence-electron chi connectivity index (χ4n) is 1.35. The van der Waals surface area contributed by atoms with E-state index in [9.17, 15) is 4.57 Å². The minimum Gasteiger partial charge on any atom is -0.236 e. The maximum atomic E-state index is 12.2. The van der Waals surface area contributed by atoms with Gasteiger partial charge in [-0.05, 0) is 19.3 Å². The maximum absolute atomic E-state index is 12.2. The van der Waals surface area contributed by atoms with Crippen molar-refractivity contribution in [3.63, 3.8) is 0 Å². The molecule has 0 aliphatic rings. The molecular formula is C13H30NO5P. The molecule has 0 aromatic heterocycles. The van der Waals surface area contributed by atoms with Crippen molar-refractivity contribution in [2.75, 3.05) is 19.8 Å². The Balaban J connectivity index is 3.91. The molecule has 0 aromatic carbocycles. The first-order valence-corrected chi connectivity index (χ1v) is 9.20. The van der Waals surface area contributed by atoms with E-state index in [-0.39, 0.29) is 0 Å². The molecule has 0 fully saturated rings. The largest absolute Gasteiger partial charge is 0.459 e. The lowest BCUT2D eigenvalue weighted by Crippen LogP contribution is -2.16. The lowest BCUT2D eigenvalue weighted by molar-refractivity contribution is -0.269. The second-order valence-electron chi connectivity index (χ2n) is 4.61. The van der Waals surface area contributed by atoms with E-state index < -0.39 is 7.75 Å². The highest BCUT2D eigenvalue weighted by Gasteiger charge is 2.27. The smallest absolute Gasteiger partial charge is 0.236 e. The first-order chi connectivity index (χ1) is 9.68. The molecule has 0 amide bonds. The molecule has 122 valence electrons. The Labute approximate surface area is 123 Å². The number of rotatable bonds is 15. The summed E-state index contributed by atoms with van der Waals surface area (Å²) in [5, 5.41) is 2.69. The number of hydrogen-bond acceptors (Lipinski definition) is 5. The zero-order valence-corrected chi connectivity index (χ0v) is 14.0. The quantitative estimate of drug-likeness (QED) is 0.210. The van der Waals surface area contributed by atoms with Crippen LogP contribution in [0.3, 0.4) is 0 Å². The minimum atomic E-state index is -3.53. The average Bonchev–Trinajstić information content (AvgIpc) is 2.45. The average molecular weight is 311 g/mol. The summed E-state index contributed by atoms with van der Waals surface area (Å²) in [5.74, 6) is 0. The van der Waals surface area contributed by atoms with Crippen LogP contribution in [0.4, 0.5) is 0 Å². The molecule has 0 rings (SSSR count). The van der Waals surface area contributed by atoms with E-state index in [1.807, 2.05) is 6.92 Å². The topological polar surface area (TPSA) is 66.0 Å². The van der Waals surface area contributed by atoms with E-state index >= 15 is 0 Å². The van der Waals surface area contributed by atoms with Gasteiger partial charge in [-0.25, -0.2) is 19.4 Å². The predicted octanol–water partition coefficient (Wildman–Crippen LogP) is 4.37. The summed E-state index contributed by atoms with van der Waals surface area (Å²) in [6.45, 7) is 7.45. The first-order valence-electron chi connectivity index (χ1n) is 7.66. The van der Waals surface area contributed by atoms with E-state index in [4.69, 9.17) is 19.1 Å². The molecule has 7 heteroatoms. The van der Waals surface area contributed by atoms with Gasteiger partial charge in [0.05, 0.1) is 13.2 Å². The molecule has 6 nitrogen and oxygen atoms in total. The van der Waals surface area contributed by atoms with Crippen LogP contribution in [0.2, 0.25) is 0 Å². The summed E-state index contributed by atoms with van der Waals surface area (Å²) in [4.78, 5) is 9.89. The second-order valence-corrected chi connectivity index (χ2v) is 6.22. The Morgan fingerprint density at radius 2 is 1.30 bits per heavy atom. The summed E-state index contributed by atoms with van der Waals surface area (Å²) < 4.78 is 22.0. The van der Waals surface area contributed by atoms with Gasteiger partial charge in [-0.3, -0.25) is 0 Å². The summed E-state index contributed by atoms with van der Waals surface area (Å²) in [6, 6.07) is 0. The lowest BCUT2D eigenvalue weighted by atomic mass is 10.3. The van der Waals surface area contributed by atoms with E-state index in [1.165, 1.54) is 0 Å². The van der Waals surface area contributed by atoms with Crippen LogP contribution in [-0.4, -0.2) is 19.8 Å². The van der Waals surface area contributed by atoms with Gasteiger partial charge in [0.25, 0.3) is 0 Å². The molecule has 0 aromatic rings. The van der Waals surface area contributed by atoms with Crippen molar-refractivity contribution in [2.45, 2.75) is 65.7 Å². The van der Waals surface area contributed by atoms with Gasteiger partial charge in [-0.2, -0.15) is 0 Å². The van der Waals surface area contributed by atoms with Gasteiger partial charge in [0.2, 0.25) is 0 Å². The van der Waals surface area contributed by atoms with Crippen molar-refractivity contribution in [1.82, 2.24) is 5.09 Å². The molecule has 0 radical (unpaired) electrons. The van der Waals surface area contributed by atoms with Crippen LogP contribution in [0, 0.1) is 0 Å². The number of unbranched alkanes of at least 4 members (excludes halogenated alkanes) is 4. The van der Waals surface area contributed by atoms with Crippen molar-refractivity contribution < 1.29 is 23.7 Å². The zero-order valence-electron chi connectivity index (χ0n) is 13.1. The third-order valence-corrected chi connectivity index (χ3v) is 3.73. The Morgan fingerprint density at radius 1 is 0.800 bits per heavy atom. The van der Waals surface area contributed by atoms with Crippen LogP contribution in [0.15, 0.2) is 0 Å².